The van der Waals surface area contributed by atoms with E-state index < -0.39 is 0 Å². The highest BCUT2D eigenvalue weighted by atomic mass is 79.9. The van der Waals surface area contributed by atoms with Crippen LogP contribution in [-0.4, -0.2) is 0 Å². The number of nitrogens with one attached hydrogen (secondary N) is 1. The number of halogens is 2. The Morgan fingerprint density at radius 2 is 1.69 bits per heavy atom. The zero-order valence-electron chi connectivity index (χ0n) is 8.58. The molecule has 0 aliphatic carbocycles. The summed E-state index contributed by atoms with van der Waals surface area (Å²) < 4.78 is 1.09. The van der Waals surface area contributed by atoms with Crippen LogP contribution in [0.5, 0.6) is 0 Å². The Hall–Kier alpha value is -0.800. The molecule has 0 amide bonds. The van der Waals surface area contributed by atoms with Crippen LogP contribution in [-0.2, 0) is 5.33 Å². The molecule has 3 heteroatoms. The first-order valence-electron chi connectivity index (χ1n) is 4.95. The fourth-order valence-corrected chi connectivity index (χ4v) is 2.05. The molecular formula is C13H11Br2N. The monoisotopic (exact) mass is 339 g/mol. The maximum absolute atomic E-state index is 3.45. The molecule has 0 radical (unpaired) electrons. The Morgan fingerprint density at radius 3 is 2.38 bits per heavy atom. The highest BCUT2D eigenvalue weighted by Gasteiger charge is 1.96. The smallest absolute Gasteiger partial charge is 0.0387 e. The van der Waals surface area contributed by atoms with Crippen molar-refractivity contribution in [2.75, 3.05) is 5.32 Å². The largest absolute Gasteiger partial charge is 0.356 e. The van der Waals surface area contributed by atoms with Gasteiger partial charge in [0, 0.05) is 21.2 Å². The van der Waals surface area contributed by atoms with Crippen molar-refractivity contribution in [1.82, 2.24) is 0 Å². The first-order chi connectivity index (χ1) is 7.78. The van der Waals surface area contributed by atoms with Crippen molar-refractivity contribution in [2.24, 2.45) is 0 Å². The predicted octanol–water partition coefficient (Wildman–Crippen LogP) is 5.09. The molecule has 0 heterocycles. The molecule has 0 unspecified atom stereocenters. The van der Waals surface area contributed by atoms with Gasteiger partial charge in [0.1, 0.15) is 0 Å². The van der Waals surface area contributed by atoms with Gasteiger partial charge in [-0.2, -0.15) is 0 Å². The predicted molar refractivity (Wildman–Crippen MR) is 76.5 cm³/mol. The van der Waals surface area contributed by atoms with Crippen LogP contribution in [0.4, 0.5) is 11.4 Å². The first kappa shape index (κ1) is 11.7. The van der Waals surface area contributed by atoms with E-state index in [-0.39, 0.29) is 0 Å². The summed E-state index contributed by atoms with van der Waals surface area (Å²) in [5.74, 6) is 0. The minimum absolute atomic E-state index is 0.878. The van der Waals surface area contributed by atoms with Crippen molar-refractivity contribution < 1.29 is 0 Å². The van der Waals surface area contributed by atoms with E-state index in [1.54, 1.807) is 0 Å². The molecule has 82 valence electrons. The molecule has 0 fully saturated rings. The Kier molecular flexibility index (Phi) is 4.02. The van der Waals surface area contributed by atoms with Crippen LogP contribution in [0.15, 0.2) is 53.0 Å². The van der Waals surface area contributed by atoms with E-state index in [4.69, 9.17) is 0 Å². The number of benzene rings is 2. The van der Waals surface area contributed by atoms with E-state index in [9.17, 15) is 0 Å². The molecular weight excluding hydrogens is 330 g/mol. The van der Waals surface area contributed by atoms with Crippen molar-refractivity contribution >= 4 is 43.2 Å². The molecule has 2 aromatic carbocycles. The van der Waals surface area contributed by atoms with Gasteiger partial charge in [0.15, 0.2) is 0 Å². The topological polar surface area (TPSA) is 12.0 Å². The van der Waals surface area contributed by atoms with Crippen molar-refractivity contribution in [3.8, 4) is 0 Å². The second kappa shape index (κ2) is 5.51. The van der Waals surface area contributed by atoms with Gasteiger partial charge in [-0.3, -0.25) is 0 Å². The van der Waals surface area contributed by atoms with E-state index in [1.165, 1.54) is 5.56 Å². The molecule has 0 saturated carbocycles. The fourth-order valence-electron chi connectivity index (χ4n) is 1.43. The molecule has 2 rings (SSSR count). The number of alkyl halides is 1. The minimum atomic E-state index is 0.878. The second-order valence-corrected chi connectivity index (χ2v) is 4.94. The van der Waals surface area contributed by atoms with Gasteiger partial charge in [-0.15, -0.1) is 0 Å². The molecule has 0 atom stereocenters. The third-order valence-corrected chi connectivity index (χ3v) is 3.39. The number of hydrogen-bond acceptors (Lipinski definition) is 1. The van der Waals surface area contributed by atoms with Gasteiger partial charge < -0.3 is 5.32 Å². The van der Waals surface area contributed by atoms with Gasteiger partial charge in [-0.25, -0.2) is 0 Å². The molecule has 1 N–H and O–H groups in total. The molecule has 0 aliphatic rings. The zero-order chi connectivity index (χ0) is 11.4. The van der Waals surface area contributed by atoms with Gasteiger partial charge in [0.2, 0.25) is 0 Å². The van der Waals surface area contributed by atoms with Crippen LogP contribution in [0.25, 0.3) is 0 Å². The van der Waals surface area contributed by atoms with Crippen LogP contribution in [0, 0.1) is 0 Å². The lowest BCUT2D eigenvalue weighted by atomic mass is 10.2. The van der Waals surface area contributed by atoms with E-state index >= 15 is 0 Å². The second-order valence-electron chi connectivity index (χ2n) is 3.47. The molecule has 1 nitrogen and oxygen atoms in total. The summed E-state index contributed by atoms with van der Waals surface area (Å²) in [6.45, 7) is 0. The Bertz CT molecular complexity index is 466. The van der Waals surface area contributed by atoms with E-state index in [0.29, 0.717) is 0 Å². The number of anilines is 2. The third-order valence-electron chi connectivity index (χ3n) is 2.21. The van der Waals surface area contributed by atoms with Crippen molar-refractivity contribution in [2.45, 2.75) is 5.33 Å². The Balaban J connectivity index is 2.16. The lowest BCUT2D eigenvalue weighted by molar-refractivity contribution is 1.42. The fraction of sp³-hybridized carbons (Fsp3) is 0.0769. The molecule has 0 aliphatic heterocycles. The SMILES string of the molecule is BrCc1cccc(Nc2ccc(Br)cc2)c1. The molecule has 16 heavy (non-hydrogen) atoms. The summed E-state index contributed by atoms with van der Waals surface area (Å²) in [6.07, 6.45) is 0. The van der Waals surface area contributed by atoms with Gasteiger partial charge in [0.25, 0.3) is 0 Å². The van der Waals surface area contributed by atoms with Gasteiger partial charge >= 0.3 is 0 Å². The standard InChI is InChI=1S/C13H11Br2N/c14-9-10-2-1-3-13(8-10)16-12-6-4-11(15)5-7-12/h1-8,16H,9H2. The van der Waals surface area contributed by atoms with Crippen LogP contribution in [0.3, 0.4) is 0 Å². The van der Waals surface area contributed by atoms with E-state index in [1.807, 2.05) is 24.3 Å². The maximum Gasteiger partial charge on any atom is 0.0387 e. The number of hydrogen-bond donors (Lipinski definition) is 1. The average molecular weight is 341 g/mol. The highest BCUT2D eigenvalue weighted by molar-refractivity contribution is 9.10. The summed E-state index contributed by atoms with van der Waals surface area (Å²) >= 11 is 6.87. The lowest BCUT2D eigenvalue weighted by Crippen LogP contribution is -1.90. The summed E-state index contributed by atoms with van der Waals surface area (Å²) in [7, 11) is 0. The van der Waals surface area contributed by atoms with Crippen LogP contribution < -0.4 is 5.32 Å². The van der Waals surface area contributed by atoms with Crippen molar-refractivity contribution in [3.05, 3.63) is 58.6 Å². The third kappa shape index (κ3) is 3.09. The first-order valence-corrected chi connectivity index (χ1v) is 6.87. The van der Waals surface area contributed by atoms with Crippen LogP contribution >= 0.6 is 31.9 Å². The van der Waals surface area contributed by atoms with Gasteiger partial charge in [0.05, 0.1) is 0 Å². The number of rotatable bonds is 3. The van der Waals surface area contributed by atoms with Crippen LogP contribution in [0.1, 0.15) is 5.56 Å². The van der Waals surface area contributed by atoms with Gasteiger partial charge in [-0.1, -0.05) is 44.0 Å². The maximum atomic E-state index is 3.45. The molecule has 0 saturated heterocycles. The van der Waals surface area contributed by atoms with Gasteiger partial charge in [-0.05, 0) is 42.0 Å². The minimum Gasteiger partial charge on any atom is -0.356 e. The zero-order valence-corrected chi connectivity index (χ0v) is 11.8. The Labute approximate surface area is 112 Å². The molecule has 0 spiro atoms. The van der Waals surface area contributed by atoms with Crippen molar-refractivity contribution in [3.63, 3.8) is 0 Å². The molecule has 0 aromatic heterocycles. The van der Waals surface area contributed by atoms with Crippen LogP contribution in [0.2, 0.25) is 0 Å². The average Bonchev–Trinajstić information content (AvgIpc) is 2.32. The Morgan fingerprint density at radius 1 is 0.938 bits per heavy atom. The summed E-state index contributed by atoms with van der Waals surface area (Å²) in [4.78, 5) is 0. The summed E-state index contributed by atoms with van der Waals surface area (Å²) in [6, 6.07) is 16.5. The quantitative estimate of drug-likeness (QED) is 0.767. The normalized spacial score (nSPS) is 10.1. The molecule has 2 aromatic rings. The van der Waals surface area contributed by atoms with Crippen molar-refractivity contribution in [1.29, 1.82) is 0 Å². The molecule has 0 bridgehead atoms. The lowest BCUT2D eigenvalue weighted by Gasteiger charge is -2.07. The van der Waals surface area contributed by atoms with E-state index in [0.717, 1.165) is 21.2 Å². The highest BCUT2D eigenvalue weighted by Crippen LogP contribution is 2.20. The summed E-state index contributed by atoms with van der Waals surface area (Å²) in [5, 5.41) is 4.24. The summed E-state index contributed by atoms with van der Waals surface area (Å²) in [5.41, 5.74) is 3.47. The van der Waals surface area contributed by atoms with E-state index in [2.05, 4.69) is 61.4 Å².